The SMILES string of the molecule is O=C(c1ccccc1)N(NCC(F)CCN1CCC(F)CC1)c1ccc(-c2nnc(NCCCCN3CCC(F)CC3)o2)c(F)c1. The third-order valence-electron chi connectivity index (χ3n) is 8.53. The van der Waals surface area contributed by atoms with Crippen LogP contribution in [0.1, 0.15) is 55.3 Å². The Hall–Kier alpha value is -3.55. The number of rotatable bonds is 15. The third kappa shape index (κ3) is 9.73. The first-order chi connectivity index (χ1) is 22.4. The van der Waals surface area contributed by atoms with Crippen LogP contribution in [0.5, 0.6) is 0 Å². The first kappa shape index (κ1) is 33.8. The summed E-state index contributed by atoms with van der Waals surface area (Å²) in [5, 5.41) is 12.2. The summed E-state index contributed by atoms with van der Waals surface area (Å²) in [5.74, 6) is -1.18. The highest BCUT2D eigenvalue weighted by Crippen LogP contribution is 2.27. The van der Waals surface area contributed by atoms with E-state index in [1.807, 2.05) is 4.90 Å². The number of benzene rings is 2. The van der Waals surface area contributed by atoms with E-state index in [9.17, 15) is 18.0 Å². The molecule has 0 radical (unpaired) electrons. The lowest BCUT2D eigenvalue weighted by molar-refractivity contribution is 0.0969. The predicted octanol–water partition coefficient (Wildman–Crippen LogP) is 5.82. The van der Waals surface area contributed by atoms with Gasteiger partial charge in [0.15, 0.2) is 0 Å². The number of carbonyl (C=O) groups excluding carboxylic acids is 1. The molecular weight excluding hydrogens is 602 g/mol. The maximum absolute atomic E-state index is 15.4. The standard InChI is InChI=1S/C33H43F4N7O2/c34-25-10-17-42(18-11-25)16-5-4-15-38-33-41-40-31(46-33)29-9-8-28(22-30(29)37)44(32(45)24-6-2-1-3-7-24)39-23-27(36)14-21-43-19-12-26(35)13-20-43/h1-3,6-9,22,25-27,39H,4-5,10-21,23H2,(H,38,41). The number of amides is 1. The van der Waals surface area contributed by atoms with Gasteiger partial charge in [0, 0.05) is 51.4 Å². The Morgan fingerprint density at radius 3 is 2.28 bits per heavy atom. The average Bonchev–Trinajstić information content (AvgIpc) is 3.54. The van der Waals surface area contributed by atoms with Crippen molar-refractivity contribution in [3.8, 4) is 11.5 Å². The fourth-order valence-corrected chi connectivity index (χ4v) is 5.73. The molecule has 2 fully saturated rings. The number of nitrogens with one attached hydrogen (secondary N) is 2. The second-order valence-corrected chi connectivity index (χ2v) is 12.0. The van der Waals surface area contributed by atoms with Crippen LogP contribution in [0.4, 0.5) is 29.3 Å². The van der Waals surface area contributed by atoms with Crippen molar-refractivity contribution in [2.45, 2.75) is 63.5 Å². The summed E-state index contributed by atoms with van der Waals surface area (Å²) >= 11 is 0. The number of nitrogens with zero attached hydrogens (tertiary/aromatic N) is 5. The molecule has 2 aliphatic rings. The van der Waals surface area contributed by atoms with E-state index in [1.165, 1.54) is 18.2 Å². The quantitative estimate of drug-likeness (QED) is 0.122. The number of hydrazine groups is 1. The summed E-state index contributed by atoms with van der Waals surface area (Å²) in [5.41, 5.74) is 3.45. The number of alkyl halides is 3. The highest BCUT2D eigenvalue weighted by molar-refractivity contribution is 6.05. The number of halogens is 4. The Morgan fingerprint density at radius 2 is 1.61 bits per heavy atom. The Bertz CT molecular complexity index is 1370. The van der Waals surface area contributed by atoms with E-state index in [-0.39, 0.29) is 36.1 Å². The van der Waals surface area contributed by atoms with Crippen molar-refractivity contribution in [3.05, 3.63) is 59.9 Å². The van der Waals surface area contributed by atoms with Crippen molar-refractivity contribution in [3.63, 3.8) is 0 Å². The summed E-state index contributed by atoms with van der Waals surface area (Å²) in [4.78, 5) is 17.7. The summed E-state index contributed by atoms with van der Waals surface area (Å²) in [6.45, 7) is 4.61. The number of likely N-dealkylation sites (tertiary alicyclic amines) is 2. The Balaban J connectivity index is 1.16. The van der Waals surface area contributed by atoms with Crippen LogP contribution in [0.2, 0.25) is 0 Å². The van der Waals surface area contributed by atoms with Gasteiger partial charge in [-0.2, -0.15) is 0 Å². The minimum atomic E-state index is -1.28. The fraction of sp³-hybridized carbons (Fsp3) is 0.545. The number of piperidine rings is 2. The molecule has 3 aromatic rings. The second-order valence-electron chi connectivity index (χ2n) is 12.0. The minimum absolute atomic E-state index is 0.0184. The Morgan fingerprint density at radius 1 is 0.935 bits per heavy atom. The van der Waals surface area contributed by atoms with Gasteiger partial charge in [-0.15, -0.1) is 5.10 Å². The first-order valence-corrected chi connectivity index (χ1v) is 16.2. The van der Waals surface area contributed by atoms with Crippen LogP contribution in [0.15, 0.2) is 52.9 Å². The molecule has 46 heavy (non-hydrogen) atoms. The van der Waals surface area contributed by atoms with Crippen molar-refractivity contribution >= 4 is 17.6 Å². The van der Waals surface area contributed by atoms with E-state index in [4.69, 9.17) is 4.42 Å². The predicted molar refractivity (Wildman–Crippen MR) is 169 cm³/mol. The van der Waals surface area contributed by atoms with Gasteiger partial charge >= 0.3 is 6.01 Å². The summed E-state index contributed by atoms with van der Waals surface area (Å²) < 4.78 is 62.7. The van der Waals surface area contributed by atoms with Crippen molar-refractivity contribution in [2.24, 2.45) is 0 Å². The molecular formula is C33H43F4N7O2. The molecule has 0 bridgehead atoms. The lowest BCUT2D eigenvalue weighted by Gasteiger charge is -2.29. The smallest absolute Gasteiger partial charge is 0.315 e. The number of hydrogen-bond donors (Lipinski definition) is 2. The highest BCUT2D eigenvalue weighted by Gasteiger charge is 2.24. The lowest BCUT2D eigenvalue weighted by atomic mass is 10.1. The van der Waals surface area contributed by atoms with Gasteiger partial charge in [-0.25, -0.2) is 28.0 Å². The van der Waals surface area contributed by atoms with Gasteiger partial charge in [0.2, 0.25) is 0 Å². The fourth-order valence-electron chi connectivity index (χ4n) is 5.73. The Labute approximate surface area is 267 Å². The maximum atomic E-state index is 15.4. The summed E-state index contributed by atoms with van der Waals surface area (Å²) in [7, 11) is 0. The molecule has 2 aliphatic heterocycles. The number of hydrogen-bond acceptors (Lipinski definition) is 8. The van der Waals surface area contributed by atoms with E-state index < -0.39 is 30.2 Å². The molecule has 3 heterocycles. The minimum Gasteiger partial charge on any atom is -0.403 e. The molecule has 5 rings (SSSR count). The molecule has 2 N–H and O–H groups in total. The first-order valence-electron chi connectivity index (χ1n) is 16.2. The zero-order valence-corrected chi connectivity index (χ0v) is 26.0. The van der Waals surface area contributed by atoms with Crippen LogP contribution in [-0.2, 0) is 0 Å². The molecule has 0 saturated carbocycles. The molecule has 9 nitrogen and oxygen atoms in total. The number of aromatic nitrogens is 2. The molecule has 1 aromatic heterocycles. The summed E-state index contributed by atoms with van der Waals surface area (Å²) in [6.07, 6.45) is 1.38. The second kappa shape index (κ2) is 16.8. The number of unbranched alkanes of at least 4 members (excludes halogenated alkanes) is 1. The van der Waals surface area contributed by atoms with Gasteiger partial charge in [0.05, 0.1) is 11.3 Å². The molecule has 1 amide bonds. The van der Waals surface area contributed by atoms with Crippen molar-refractivity contribution in [1.82, 2.24) is 25.4 Å². The maximum Gasteiger partial charge on any atom is 0.315 e. The van der Waals surface area contributed by atoms with E-state index in [0.29, 0.717) is 57.4 Å². The topological polar surface area (TPSA) is 89.8 Å². The molecule has 2 aromatic carbocycles. The van der Waals surface area contributed by atoms with Gasteiger partial charge in [-0.1, -0.05) is 23.3 Å². The highest BCUT2D eigenvalue weighted by atomic mass is 19.1. The molecule has 13 heteroatoms. The van der Waals surface area contributed by atoms with E-state index in [0.717, 1.165) is 37.5 Å². The van der Waals surface area contributed by atoms with E-state index in [1.54, 1.807) is 30.3 Å². The van der Waals surface area contributed by atoms with Crippen LogP contribution in [-0.4, -0.2) is 96.8 Å². The molecule has 0 aliphatic carbocycles. The van der Waals surface area contributed by atoms with Crippen LogP contribution in [0.25, 0.3) is 11.5 Å². The monoisotopic (exact) mass is 645 g/mol. The Kier molecular flexibility index (Phi) is 12.4. The van der Waals surface area contributed by atoms with Crippen LogP contribution < -0.4 is 15.8 Å². The van der Waals surface area contributed by atoms with E-state index >= 15 is 4.39 Å². The lowest BCUT2D eigenvalue weighted by Crippen LogP contribution is -2.46. The molecule has 250 valence electrons. The van der Waals surface area contributed by atoms with Gasteiger partial charge in [0.25, 0.3) is 11.8 Å². The van der Waals surface area contributed by atoms with Crippen molar-refractivity contribution in [2.75, 3.05) is 62.7 Å². The molecule has 1 unspecified atom stereocenters. The third-order valence-corrected chi connectivity index (χ3v) is 8.53. The molecule has 1 atom stereocenters. The molecule has 0 spiro atoms. The average molecular weight is 646 g/mol. The van der Waals surface area contributed by atoms with Gasteiger partial charge in [-0.3, -0.25) is 4.79 Å². The van der Waals surface area contributed by atoms with Gasteiger partial charge in [0.1, 0.15) is 24.3 Å². The van der Waals surface area contributed by atoms with Crippen LogP contribution in [0, 0.1) is 5.82 Å². The van der Waals surface area contributed by atoms with Gasteiger partial charge < -0.3 is 19.5 Å². The van der Waals surface area contributed by atoms with Crippen molar-refractivity contribution < 1.29 is 26.8 Å². The zero-order valence-electron chi connectivity index (χ0n) is 26.0. The summed E-state index contributed by atoms with van der Waals surface area (Å²) in [6, 6.07) is 12.8. The van der Waals surface area contributed by atoms with Crippen LogP contribution >= 0.6 is 0 Å². The molecule has 2 saturated heterocycles. The largest absolute Gasteiger partial charge is 0.403 e. The normalized spacial score (nSPS) is 17.7. The van der Waals surface area contributed by atoms with Crippen LogP contribution in [0.3, 0.4) is 0 Å². The number of anilines is 2. The van der Waals surface area contributed by atoms with Crippen molar-refractivity contribution in [1.29, 1.82) is 0 Å². The zero-order chi connectivity index (χ0) is 32.3. The number of carbonyl (C=O) groups is 1. The van der Waals surface area contributed by atoms with E-state index in [2.05, 4.69) is 25.8 Å². The van der Waals surface area contributed by atoms with Gasteiger partial charge in [-0.05, 0) is 81.8 Å².